The number of benzene rings is 2. The largest absolute Gasteiger partial charge is 0.441 e. The van der Waals surface area contributed by atoms with Crippen LogP contribution in [0.4, 0.5) is 10.5 Å². The van der Waals surface area contributed by atoms with Gasteiger partial charge in [-0.1, -0.05) is 41.9 Å². The number of aromatic nitrogens is 1. The Bertz CT molecular complexity index is 1130. The second-order valence-electron chi connectivity index (χ2n) is 9.18. The van der Waals surface area contributed by atoms with Gasteiger partial charge in [0.1, 0.15) is 5.60 Å². The maximum Gasteiger partial charge on any atom is 0.415 e. The zero-order valence-corrected chi connectivity index (χ0v) is 18.2. The van der Waals surface area contributed by atoms with Gasteiger partial charge in [0.2, 0.25) is 0 Å². The summed E-state index contributed by atoms with van der Waals surface area (Å²) in [6.07, 6.45) is 6.30. The monoisotopic (exact) mass is 435 g/mol. The molecule has 2 aromatic carbocycles. The van der Waals surface area contributed by atoms with E-state index < -0.39 is 0 Å². The Balaban J connectivity index is 1.17. The molecular weight excluding hydrogens is 410 g/mol. The second kappa shape index (κ2) is 7.28. The molecule has 3 aliphatic rings. The zero-order valence-electron chi connectivity index (χ0n) is 17.5. The molecule has 5 nitrogen and oxygen atoms in total. The molecule has 0 N–H and O–H groups in total. The first-order valence-corrected chi connectivity index (χ1v) is 11.6. The van der Waals surface area contributed by atoms with Crippen molar-refractivity contribution in [2.24, 2.45) is 0 Å². The Hall–Kier alpha value is -2.50. The highest BCUT2D eigenvalue weighted by Crippen LogP contribution is 2.42. The van der Waals surface area contributed by atoms with Gasteiger partial charge >= 0.3 is 6.09 Å². The van der Waals surface area contributed by atoms with Gasteiger partial charge in [0.25, 0.3) is 0 Å². The van der Waals surface area contributed by atoms with Gasteiger partial charge in [0.05, 0.1) is 17.1 Å². The lowest BCUT2D eigenvalue weighted by Crippen LogP contribution is -2.46. The van der Waals surface area contributed by atoms with E-state index in [1.54, 1.807) is 4.90 Å². The summed E-state index contributed by atoms with van der Waals surface area (Å²) in [6, 6.07) is 16.6. The van der Waals surface area contributed by atoms with E-state index in [4.69, 9.17) is 16.3 Å². The molecule has 160 valence electrons. The van der Waals surface area contributed by atoms with Gasteiger partial charge in [-0.25, -0.2) is 4.79 Å². The van der Waals surface area contributed by atoms with Crippen molar-refractivity contribution in [2.45, 2.75) is 43.9 Å². The summed E-state index contributed by atoms with van der Waals surface area (Å²) in [6.45, 7) is 3.39. The molecule has 1 saturated carbocycles. The highest BCUT2D eigenvalue weighted by molar-refractivity contribution is 6.35. The van der Waals surface area contributed by atoms with E-state index in [1.165, 1.54) is 29.3 Å². The summed E-state index contributed by atoms with van der Waals surface area (Å²) in [4.78, 5) is 16.8. The third-order valence-electron chi connectivity index (χ3n) is 7.03. The summed E-state index contributed by atoms with van der Waals surface area (Å²) in [7, 11) is 0. The molecule has 0 atom stereocenters. The number of amides is 1. The van der Waals surface area contributed by atoms with Crippen molar-refractivity contribution in [1.82, 2.24) is 9.47 Å². The van der Waals surface area contributed by atoms with Gasteiger partial charge in [-0.05, 0) is 36.6 Å². The van der Waals surface area contributed by atoms with E-state index in [-0.39, 0.29) is 11.7 Å². The van der Waals surface area contributed by atoms with E-state index in [1.807, 2.05) is 42.5 Å². The lowest BCUT2D eigenvalue weighted by atomic mass is 9.91. The molecule has 0 bridgehead atoms. The Labute approximate surface area is 187 Å². The summed E-state index contributed by atoms with van der Waals surface area (Å²) in [5.74, 6) is 0. The van der Waals surface area contributed by atoms with Crippen LogP contribution in [0.15, 0.2) is 54.7 Å². The number of carbonyl (C=O) groups excluding carboxylic acids is 1. The fourth-order valence-electron chi connectivity index (χ4n) is 5.16. The first-order chi connectivity index (χ1) is 15.1. The van der Waals surface area contributed by atoms with E-state index in [0.29, 0.717) is 12.6 Å². The lowest BCUT2D eigenvalue weighted by molar-refractivity contribution is -0.000888. The Morgan fingerprint density at radius 2 is 1.81 bits per heavy atom. The first kappa shape index (κ1) is 19.2. The van der Waals surface area contributed by atoms with Gasteiger partial charge in [0, 0.05) is 55.8 Å². The van der Waals surface area contributed by atoms with Crippen LogP contribution in [-0.2, 0) is 11.3 Å². The average molecular weight is 436 g/mol. The van der Waals surface area contributed by atoms with Crippen LogP contribution >= 0.6 is 11.6 Å². The lowest BCUT2D eigenvalue weighted by Gasteiger charge is -2.37. The number of carbonyl (C=O) groups is 1. The maximum absolute atomic E-state index is 12.5. The molecule has 3 fully saturated rings. The number of likely N-dealkylation sites (tertiary alicyclic amines) is 1. The van der Waals surface area contributed by atoms with Gasteiger partial charge in [-0.3, -0.25) is 9.80 Å². The standard InChI is InChI=1S/C25H26ClN3O2/c26-22-8-4-7-21-18(16-28(23(21)22)20-9-10-20)15-27-13-11-25(12-14-27)17-29(24(30)31-25)19-5-2-1-3-6-19/h1-8,16,20H,9-15,17H2. The number of fused-ring (bicyclic) bond motifs is 1. The van der Waals surface area contributed by atoms with Crippen molar-refractivity contribution < 1.29 is 9.53 Å². The quantitative estimate of drug-likeness (QED) is 0.533. The van der Waals surface area contributed by atoms with Crippen LogP contribution in [0.5, 0.6) is 0 Å². The predicted molar refractivity (Wildman–Crippen MR) is 123 cm³/mol. The van der Waals surface area contributed by atoms with E-state index in [9.17, 15) is 4.79 Å². The number of piperidine rings is 1. The van der Waals surface area contributed by atoms with Crippen LogP contribution in [0, 0.1) is 0 Å². The SMILES string of the molecule is O=C1OC2(CCN(Cc3cn(C4CC4)c4c(Cl)cccc34)CC2)CN1c1ccccc1. The predicted octanol–water partition coefficient (Wildman–Crippen LogP) is 5.62. The normalized spacial score (nSPS) is 21.2. The number of para-hydroxylation sites is 2. The number of hydrogen-bond acceptors (Lipinski definition) is 3. The molecular formula is C25H26ClN3O2. The molecule has 1 amide bonds. The van der Waals surface area contributed by atoms with Gasteiger partial charge in [-0.15, -0.1) is 0 Å². The number of nitrogens with zero attached hydrogens (tertiary/aromatic N) is 3. The molecule has 0 unspecified atom stereocenters. The molecule has 0 radical (unpaired) electrons. The van der Waals surface area contributed by atoms with E-state index in [2.05, 4.69) is 21.7 Å². The van der Waals surface area contributed by atoms with E-state index >= 15 is 0 Å². The van der Waals surface area contributed by atoms with Crippen LogP contribution in [-0.4, -0.2) is 40.8 Å². The van der Waals surface area contributed by atoms with Crippen molar-refractivity contribution >= 4 is 34.3 Å². The topological polar surface area (TPSA) is 37.7 Å². The Kier molecular flexibility index (Phi) is 4.51. The van der Waals surface area contributed by atoms with Crippen LogP contribution < -0.4 is 4.90 Å². The average Bonchev–Trinajstić information content (AvgIpc) is 3.49. The minimum Gasteiger partial charge on any atom is -0.441 e. The first-order valence-electron chi connectivity index (χ1n) is 11.2. The van der Waals surface area contributed by atoms with Crippen LogP contribution in [0.25, 0.3) is 10.9 Å². The fraction of sp³-hybridized carbons (Fsp3) is 0.400. The van der Waals surface area contributed by atoms with E-state index in [0.717, 1.165) is 43.2 Å². The van der Waals surface area contributed by atoms with Crippen LogP contribution in [0.2, 0.25) is 5.02 Å². The molecule has 2 aliphatic heterocycles. The summed E-state index contributed by atoms with van der Waals surface area (Å²) in [5.41, 5.74) is 3.07. The van der Waals surface area contributed by atoms with Crippen molar-refractivity contribution in [2.75, 3.05) is 24.5 Å². The highest BCUT2D eigenvalue weighted by Gasteiger charge is 2.47. The smallest absolute Gasteiger partial charge is 0.415 e. The van der Waals surface area contributed by atoms with Gasteiger partial charge in [-0.2, -0.15) is 0 Å². The Morgan fingerprint density at radius 3 is 2.55 bits per heavy atom. The number of ether oxygens (including phenoxy) is 1. The van der Waals surface area contributed by atoms with Crippen LogP contribution in [0.3, 0.4) is 0 Å². The molecule has 3 aromatic rings. The molecule has 1 aromatic heterocycles. The van der Waals surface area contributed by atoms with Crippen LogP contribution in [0.1, 0.15) is 37.3 Å². The number of hydrogen-bond donors (Lipinski definition) is 0. The third-order valence-corrected chi connectivity index (χ3v) is 7.33. The third kappa shape index (κ3) is 3.40. The minimum atomic E-state index is -0.366. The fourth-order valence-corrected chi connectivity index (χ4v) is 5.43. The van der Waals surface area contributed by atoms with Gasteiger partial charge < -0.3 is 9.30 Å². The minimum absolute atomic E-state index is 0.221. The molecule has 1 spiro atoms. The van der Waals surface area contributed by atoms with Crippen molar-refractivity contribution in [3.63, 3.8) is 0 Å². The Morgan fingerprint density at radius 1 is 1.03 bits per heavy atom. The number of halogens is 1. The summed E-state index contributed by atoms with van der Waals surface area (Å²) in [5, 5.41) is 2.11. The van der Waals surface area contributed by atoms with Crippen molar-refractivity contribution in [3.8, 4) is 0 Å². The van der Waals surface area contributed by atoms with Crippen molar-refractivity contribution in [3.05, 3.63) is 65.3 Å². The molecule has 6 heteroatoms. The maximum atomic E-state index is 12.5. The highest BCUT2D eigenvalue weighted by atomic mass is 35.5. The zero-order chi connectivity index (χ0) is 21.0. The molecule has 1 aliphatic carbocycles. The molecule has 6 rings (SSSR count). The molecule has 2 saturated heterocycles. The molecule has 31 heavy (non-hydrogen) atoms. The van der Waals surface area contributed by atoms with Crippen molar-refractivity contribution in [1.29, 1.82) is 0 Å². The van der Waals surface area contributed by atoms with Gasteiger partial charge in [0.15, 0.2) is 0 Å². The summed E-state index contributed by atoms with van der Waals surface area (Å²) >= 11 is 6.56. The second-order valence-corrected chi connectivity index (χ2v) is 9.58. The summed E-state index contributed by atoms with van der Waals surface area (Å²) < 4.78 is 8.31. The number of rotatable bonds is 4. The molecule has 3 heterocycles. The number of anilines is 1.